The molecule has 0 radical (unpaired) electrons. The van der Waals surface area contributed by atoms with Crippen molar-refractivity contribution in [2.45, 2.75) is 26.2 Å². The average molecular weight is 366 g/mol. The normalized spacial score (nSPS) is 10.7. The monoisotopic (exact) mass is 366 g/mol. The standard InChI is InChI=1S/C21H22N2O4/c1-3-4-8-17(24)20-19(16-10-9-15(26-2)12-18(16)27-20)23-21(25)13-6-5-7-14(22)11-13/h5-7,9-12H,3-4,8,22H2,1-2H3,(H,23,25). The predicted octanol–water partition coefficient (Wildman–Crippen LogP) is 4.65. The zero-order valence-corrected chi connectivity index (χ0v) is 15.4. The molecule has 1 heterocycles. The number of rotatable bonds is 7. The van der Waals surface area contributed by atoms with Gasteiger partial charge in [0, 0.05) is 29.1 Å². The van der Waals surface area contributed by atoms with Crippen LogP contribution in [0.3, 0.4) is 0 Å². The Morgan fingerprint density at radius 2 is 2.00 bits per heavy atom. The fourth-order valence-corrected chi connectivity index (χ4v) is 2.84. The van der Waals surface area contributed by atoms with E-state index >= 15 is 0 Å². The number of hydrogen-bond donors (Lipinski definition) is 2. The third kappa shape index (κ3) is 3.95. The molecular weight excluding hydrogens is 344 g/mol. The van der Waals surface area contributed by atoms with E-state index < -0.39 is 0 Å². The first-order valence-electron chi connectivity index (χ1n) is 8.84. The van der Waals surface area contributed by atoms with Gasteiger partial charge in [0.2, 0.25) is 0 Å². The van der Waals surface area contributed by atoms with Crippen LogP contribution in [0.5, 0.6) is 5.75 Å². The van der Waals surface area contributed by atoms with Crippen molar-refractivity contribution in [1.82, 2.24) is 0 Å². The van der Waals surface area contributed by atoms with Gasteiger partial charge in [-0.05, 0) is 36.8 Å². The van der Waals surface area contributed by atoms with Gasteiger partial charge in [-0.2, -0.15) is 0 Å². The van der Waals surface area contributed by atoms with Crippen molar-refractivity contribution < 1.29 is 18.7 Å². The number of hydrogen-bond acceptors (Lipinski definition) is 5. The highest BCUT2D eigenvalue weighted by molar-refractivity contribution is 6.15. The van der Waals surface area contributed by atoms with E-state index in [2.05, 4.69) is 5.32 Å². The van der Waals surface area contributed by atoms with Crippen LogP contribution in [0.2, 0.25) is 0 Å². The first kappa shape index (κ1) is 18.5. The molecule has 3 rings (SSSR count). The zero-order chi connectivity index (χ0) is 19.4. The molecule has 1 aromatic heterocycles. The summed E-state index contributed by atoms with van der Waals surface area (Å²) in [6, 6.07) is 11.9. The van der Waals surface area contributed by atoms with E-state index in [4.69, 9.17) is 14.9 Å². The molecule has 2 aromatic carbocycles. The molecule has 0 fully saturated rings. The minimum Gasteiger partial charge on any atom is -0.497 e. The molecule has 0 aliphatic carbocycles. The molecule has 0 aliphatic rings. The lowest BCUT2D eigenvalue weighted by Gasteiger charge is -2.07. The number of methoxy groups -OCH3 is 1. The fourth-order valence-electron chi connectivity index (χ4n) is 2.84. The molecule has 0 aliphatic heterocycles. The lowest BCUT2D eigenvalue weighted by Crippen LogP contribution is -2.14. The summed E-state index contributed by atoms with van der Waals surface area (Å²) in [5.74, 6) is 0.265. The second-order valence-electron chi connectivity index (χ2n) is 6.27. The lowest BCUT2D eigenvalue weighted by molar-refractivity contribution is 0.0956. The number of carbonyl (C=O) groups excluding carboxylic acids is 2. The largest absolute Gasteiger partial charge is 0.497 e. The molecule has 0 saturated heterocycles. The van der Waals surface area contributed by atoms with Gasteiger partial charge in [-0.3, -0.25) is 9.59 Å². The Balaban J connectivity index is 2.02. The molecule has 3 aromatic rings. The van der Waals surface area contributed by atoms with Gasteiger partial charge in [0.05, 0.1) is 12.8 Å². The van der Waals surface area contributed by atoms with E-state index in [1.165, 1.54) is 0 Å². The van der Waals surface area contributed by atoms with Crippen LogP contribution in [0.25, 0.3) is 11.0 Å². The quantitative estimate of drug-likeness (QED) is 0.469. The molecule has 0 unspecified atom stereocenters. The second-order valence-corrected chi connectivity index (χ2v) is 6.27. The van der Waals surface area contributed by atoms with Gasteiger partial charge in [0.1, 0.15) is 11.3 Å². The number of nitrogens with two attached hydrogens (primary N) is 1. The van der Waals surface area contributed by atoms with Crippen LogP contribution in [-0.4, -0.2) is 18.8 Å². The topological polar surface area (TPSA) is 94.6 Å². The Morgan fingerprint density at radius 3 is 2.70 bits per heavy atom. The van der Waals surface area contributed by atoms with E-state index in [0.29, 0.717) is 40.1 Å². The van der Waals surface area contributed by atoms with Crippen LogP contribution in [0, 0.1) is 0 Å². The lowest BCUT2D eigenvalue weighted by atomic mass is 10.1. The van der Waals surface area contributed by atoms with Crippen LogP contribution in [-0.2, 0) is 0 Å². The number of nitrogens with one attached hydrogen (secondary N) is 1. The molecule has 0 saturated carbocycles. The van der Waals surface area contributed by atoms with E-state index in [0.717, 1.165) is 12.8 Å². The summed E-state index contributed by atoms with van der Waals surface area (Å²) in [4.78, 5) is 25.3. The number of Topliss-reactive ketones (excluding diaryl/α,β-unsaturated/α-hetero) is 1. The average Bonchev–Trinajstić information content (AvgIpc) is 3.03. The molecule has 0 spiro atoms. The molecule has 1 amide bonds. The molecule has 6 heteroatoms. The van der Waals surface area contributed by atoms with E-state index in [-0.39, 0.29) is 17.5 Å². The van der Waals surface area contributed by atoms with Gasteiger partial charge in [0.25, 0.3) is 5.91 Å². The van der Waals surface area contributed by atoms with Gasteiger partial charge in [-0.15, -0.1) is 0 Å². The summed E-state index contributed by atoms with van der Waals surface area (Å²) in [5.41, 5.74) is 7.51. The Morgan fingerprint density at radius 1 is 1.19 bits per heavy atom. The summed E-state index contributed by atoms with van der Waals surface area (Å²) in [6.45, 7) is 2.01. The Labute approximate surface area is 157 Å². The first-order chi connectivity index (χ1) is 13.0. The molecule has 3 N–H and O–H groups in total. The number of nitrogen functional groups attached to an aromatic ring is 1. The van der Waals surface area contributed by atoms with Crippen molar-refractivity contribution in [3.05, 3.63) is 53.8 Å². The summed E-state index contributed by atoms with van der Waals surface area (Å²) in [5, 5.41) is 3.47. The van der Waals surface area contributed by atoms with Crippen molar-refractivity contribution in [2.75, 3.05) is 18.2 Å². The van der Waals surface area contributed by atoms with Gasteiger partial charge < -0.3 is 20.2 Å². The van der Waals surface area contributed by atoms with Gasteiger partial charge in [-0.25, -0.2) is 0 Å². The van der Waals surface area contributed by atoms with Crippen molar-refractivity contribution in [3.63, 3.8) is 0 Å². The van der Waals surface area contributed by atoms with E-state index in [9.17, 15) is 9.59 Å². The number of ether oxygens (including phenoxy) is 1. The fraction of sp³-hybridized carbons (Fsp3) is 0.238. The number of anilines is 2. The number of carbonyl (C=O) groups is 2. The maximum atomic E-state index is 12.7. The van der Waals surface area contributed by atoms with Crippen LogP contribution < -0.4 is 15.8 Å². The molecule has 0 atom stereocenters. The minimum atomic E-state index is -0.356. The summed E-state index contributed by atoms with van der Waals surface area (Å²) >= 11 is 0. The van der Waals surface area contributed by atoms with Crippen molar-refractivity contribution in [3.8, 4) is 5.75 Å². The smallest absolute Gasteiger partial charge is 0.255 e. The van der Waals surface area contributed by atoms with Crippen LogP contribution in [0.15, 0.2) is 46.9 Å². The first-order valence-corrected chi connectivity index (χ1v) is 8.84. The van der Waals surface area contributed by atoms with Crippen molar-refractivity contribution in [2.24, 2.45) is 0 Å². The SMILES string of the molecule is CCCCC(=O)c1oc2cc(OC)ccc2c1NC(=O)c1cccc(N)c1. The number of ketones is 1. The van der Waals surface area contributed by atoms with Gasteiger partial charge >= 0.3 is 0 Å². The summed E-state index contributed by atoms with van der Waals surface area (Å²) in [7, 11) is 1.56. The third-order valence-corrected chi connectivity index (χ3v) is 4.30. The zero-order valence-electron chi connectivity index (χ0n) is 15.4. The number of furan rings is 1. The Kier molecular flexibility index (Phi) is 5.45. The highest BCUT2D eigenvalue weighted by Crippen LogP contribution is 2.34. The highest BCUT2D eigenvalue weighted by atomic mass is 16.5. The van der Waals surface area contributed by atoms with Crippen LogP contribution in [0.1, 0.15) is 47.1 Å². The number of fused-ring (bicyclic) bond motifs is 1. The van der Waals surface area contributed by atoms with E-state index in [1.807, 2.05) is 6.92 Å². The number of unbranched alkanes of at least 4 members (excludes halogenated alkanes) is 1. The maximum Gasteiger partial charge on any atom is 0.255 e. The molecular formula is C21H22N2O4. The minimum absolute atomic E-state index is 0.144. The molecule has 140 valence electrons. The van der Waals surface area contributed by atoms with Crippen molar-refractivity contribution >= 4 is 34.0 Å². The predicted molar refractivity (Wildman–Crippen MR) is 105 cm³/mol. The molecule has 6 nitrogen and oxygen atoms in total. The van der Waals surface area contributed by atoms with Gasteiger partial charge in [0.15, 0.2) is 11.5 Å². The molecule has 0 bridgehead atoms. The van der Waals surface area contributed by atoms with Gasteiger partial charge in [-0.1, -0.05) is 19.4 Å². The third-order valence-electron chi connectivity index (χ3n) is 4.30. The Bertz CT molecular complexity index is 991. The Hall–Kier alpha value is -3.28. The molecule has 27 heavy (non-hydrogen) atoms. The summed E-state index contributed by atoms with van der Waals surface area (Å²) in [6.07, 6.45) is 2.00. The van der Waals surface area contributed by atoms with E-state index in [1.54, 1.807) is 49.6 Å². The number of amides is 1. The van der Waals surface area contributed by atoms with Crippen molar-refractivity contribution in [1.29, 1.82) is 0 Å². The summed E-state index contributed by atoms with van der Waals surface area (Å²) < 4.78 is 11.0. The van der Waals surface area contributed by atoms with Crippen LogP contribution >= 0.6 is 0 Å². The number of benzene rings is 2. The maximum absolute atomic E-state index is 12.7. The van der Waals surface area contributed by atoms with Crippen LogP contribution in [0.4, 0.5) is 11.4 Å². The highest BCUT2D eigenvalue weighted by Gasteiger charge is 2.22. The second kappa shape index (κ2) is 7.95.